The van der Waals surface area contributed by atoms with Crippen LogP contribution in [-0.4, -0.2) is 79.2 Å². The monoisotopic (exact) mass is 521 g/mol. The number of carbonyl (C=O) groups excluding carboxylic acids is 3. The van der Waals surface area contributed by atoms with Crippen molar-refractivity contribution in [2.24, 2.45) is 0 Å². The van der Waals surface area contributed by atoms with E-state index in [0.29, 0.717) is 67.9 Å². The number of amides is 3. The van der Waals surface area contributed by atoms with Crippen LogP contribution in [0.15, 0.2) is 18.3 Å². The summed E-state index contributed by atoms with van der Waals surface area (Å²) in [7, 11) is 3.10. The molecule has 3 amide bonds. The number of aldehydes is 1. The molecule has 0 aromatic carbocycles. The van der Waals surface area contributed by atoms with Crippen LogP contribution in [0, 0.1) is 11.3 Å². The van der Waals surface area contributed by atoms with Crippen molar-refractivity contribution in [3.8, 4) is 6.07 Å². The minimum atomic E-state index is -0.464. The van der Waals surface area contributed by atoms with Gasteiger partial charge in [0.15, 0.2) is 6.29 Å². The van der Waals surface area contributed by atoms with Crippen LogP contribution in [0.2, 0.25) is 0 Å². The molecule has 0 saturated carbocycles. The van der Waals surface area contributed by atoms with Crippen LogP contribution in [0.3, 0.4) is 0 Å². The Bertz CT molecular complexity index is 1260. The fourth-order valence-corrected chi connectivity index (χ4v) is 4.74. The van der Waals surface area contributed by atoms with E-state index in [9.17, 15) is 19.6 Å². The highest BCUT2D eigenvalue weighted by atomic mass is 16.5. The molecule has 38 heavy (non-hydrogen) atoms. The SMILES string of the molecule is COC[C@@H](C)Nc1cc(NC(=O)N2CCCc3cc(CN4CC[C@@H](OC)C4=O)c(C=O)nc32)ncc1C#N. The van der Waals surface area contributed by atoms with Crippen LogP contribution in [0.5, 0.6) is 0 Å². The van der Waals surface area contributed by atoms with Crippen LogP contribution >= 0.6 is 0 Å². The van der Waals surface area contributed by atoms with Gasteiger partial charge in [-0.2, -0.15) is 5.26 Å². The standard InChI is InChI=1S/C26H31N7O5/c1-16(15-37-2)29-20-10-23(28-12-19(20)11-27)31-26(36)33-7-4-5-17-9-18(21(14-34)30-24(17)33)13-32-8-6-22(38-3)25(32)35/h9-10,12,14,16,22H,4-8,13,15H2,1-3H3,(H2,28,29,31,36)/t16-,22-/m1/s1. The average molecular weight is 522 g/mol. The van der Waals surface area contributed by atoms with E-state index >= 15 is 0 Å². The van der Waals surface area contributed by atoms with Crippen LogP contribution in [0.1, 0.15) is 46.9 Å². The largest absolute Gasteiger partial charge is 0.383 e. The molecule has 0 radical (unpaired) electrons. The summed E-state index contributed by atoms with van der Waals surface area (Å²) < 4.78 is 10.4. The lowest BCUT2D eigenvalue weighted by Gasteiger charge is -2.29. The Kier molecular flexibility index (Phi) is 8.50. The van der Waals surface area contributed by atoms with Crippen molar-refractivity contribution in [1.82, 2.24) is 14.9 Å². The highest BCUT2D eigenvalue weighted by molar-refractivity contribution is 6.02. The molecule has 4 heterocycles. The molecule has 2 atom stereocenters. The van der Waals surface area contributed by atoms with E-state index in [0.717, 1.165) is 5.56 Å². The first-order chi connectivity index (χ1) is 18.4. The van der Waals surface area contributed by atoms with Gasteiger partial charge >= 0.3 is 6.03 Å². The van der Waals surface area contributed by atoms with Gasteiger partial charge in [-0.05, 0) is 31.4 Å². The first kappa shape index (κ1) is 27.0. The molecule has 12 heteroatoms. The van der Waals surface area contributed by atoms with Gasteiger partial charge in [-0.1, -0.05) is 0 Å². The topological polar surface area (TPSA) is 150 Å². The molecule has 2 aromatic rings. The lowest BCUT2D eigenvalue weighted by Crippen LogP contribution is -2.40. The van der Waals surface area contributed by atoms with Gasteiger partial charge < -0.3 is 19.7 Å². The van der Waals surface area contributed by atoms with E-state index < -0.39 is 12.1 Å². The third kappa shape index (κ3) is 5.74. The molecule has 0 bridgehead atoms. The zero-order valence-corrected chi connectivity index (χ0v) is 21.7. The summed E-state index contributed by atoms with van der Waals surface area (Å²) in [5.41, 5.74) is 2.52. The predicted molar refractivity (Wildman–Crippen MR) is 139 cm³/mol. The Morgan fingerprint density at radius 1 is 1.34 bits per heavy atom. The van der Waals surface area contributed by atoms with Crippen molar-refractivity contribution in [3.63, 3.8) is 0 Å². The number of aromatic nitrogens is 2. The second kappa shape index (κ2) is 12.0. The maximum Gasteiger partial charge on any atom is 0.328 e. The molecule has 2 aliphatic heterocycles. The number of nitriles is 1. The van der Waals surface area contributed by atoms with E-state index in [-0.39, 0.29) is 30.0 Å². The Morgan fingerprint density at radius 2 is 2.16 bits per heavy atom. The second-order valence-electron chi connectivity index (χ2n) is 9.32. The van der Waals surface area contributed by atoms with Gasteiger partial charge in [-0.15, -0.1) is 0 Å². The van der Waals surface area contributed by atoms with Gasteiger partial charge in [0.1, 0.15) is 29.5 Å². The minimum Gasteiger partial charge on any atom is -0.383 e. The third-order valence-electron chi connectivity index (χ3n) is 6.60. The van der Waals surface area contributed by atoms with Gasteiger partial charge in [0, 0.05) is 64.1 Å². The number of rotatable bonds is 9. The number of carbonyl (C=O) groups is 3. The summed E-state index contributed by atoms with van der Waals surface area (Å²) in [5, 5.41) is 15.4. The second-order valence-corrected chi connectivity index (χ2v) is 9.32. The number of methoxy groups -OCH3 is 2. The van der Waals surface area contributed by atoms with Crippen LogP contribution in [-0.2, 0) is 27.2 Å². The van der Waals surface area contributed by atoms with Crippen LogP contribution < -0.4 is 15.5 Å². The summed E-state index contributed by atoms with van der Waals surface area (Å²) in [6.45, 7) is 3.56. The van der Waals surface area contributed by atoms with E-state index in [1.807, 2.05) is 13.0 Å². The molecule has 0 aliphatic carbocycles. The Balaban J connectivity index is 1.54. The summed E-state index contributed by atoms with van der Waals surface area (Å²) in [6.07, 6.45) is 3.57. The normalized spacial score (nSPS) is 17.5. The van der Waals surface area contributed by atoms with Gasteiger partial charge in [0.2, 0.25) is 0 Å². The summed E-state index contributed by atoms with van der Waals surface area (Å²) in [6, 6.07) is 5.03. The summed E-state index contributed by atoms with van der Waals surface area (Å²) in [5.74, 6) is 0.562. The quantitative estimate of drug-likeness (QED) is 0.474. The van der Waals surface area contributed by atoms with Gasteiger partial charge in [-0.3, -0.25) is 19.8 Å². The first-order valence-corrected chi connectivity index (χ1v) is 12.4. The number of likely N-dealkylation sites (tertiary alicyclic amines) is 1. The highest BCUT2D eigenvalue weighted by Gasteiger charge is 2.33. The van der Waals surface area contributed by atoms with Crippen LogP contribution in [0.25, 0.3) is 0 Å². The molecule has 12 nitrogen and oxygen atoms in total. The van der Waals surface area contributed by atoms with Gasteiger partial charge in [0.25, 0.3) is 5.91 Å². The fraction of sp³-hybridized carbons (Fsp3) is 0.462. The summed E-state index contributed by atoms with van der Waals surface area (Å²) in [4.78, 5) is 49.6. The molecule has 4 rings (SSSR count). The number of ether oxygens (including phenoxy) is 2. The zero-order chi connectivity index (χ0) is 27.2. The van der Waals surface area contributed by atoms with Crippen molar-refractivity contribution in [3.05, 3.63) is 40.7 Å². The number of aryl methyl sites for hydroxylation is 1. The number of fused-ring (bicyclic) bond motifs is 1. The minimum absolute atomic E-state index is 0.0663. The van der Waals surface area contributed by atoms with E-state index in [4.69, 9.17) is 9.47 Å². The number of urea groups is 1. The number of pyridine rings is 2. The molecule has 1 fully saturated rings. The Morgan fingerprint density at radius 3 is 2.84 bits per heavy atom. The lowest BCUT2D eigenvalue weighted by atomic mass is 10.0. The number of anilines is 3. The molecular formula is C26H31N7O5. The fourth-order valence-electron chi connectivity index (χ4n) is 4.74. The Labute approximate surface area is 220 Å². The third-order valence-corrected chi connectivity index (χ3v) is 6.60. The Hall–Kier alpha value is -4.08. The van der Waals surface area contributed by atoms with Gasteiger partial charge in [0.05, 0.1) is 17.9 Å². The van der Waals surface area contributed by atoms with E-state index in [1.165, 1.54) is 18.2 Å². The molecule has 2 aromatic heterocycles. The maximum absolute atomic E-state index is 13.3. The number of hydrogen-bond acceptors (Lipinski definition) is 9. The van der Waals surface area contributed by atoms with E-state index in [2.05, 4.69) is 26.7 Å². The van der Waals surface area contributed by atoms with Crippen LogP contribution in [0.4, 0.5) is 22.1 Å². The maximum atomic E-state index is 13.3. The molecule has 0 unspecified atom stereocenters. The number of nitrogens with one attached hydrogen (secondary N) is 2. The molecule has 2 N–H and O–H groups in total. The molecular weight excluding hydrogens is 490 g/mol. The highest BCUT2D eigenvalue weighted by Crippen LogP contribution is 2.29. The van der Waals surface area contributed by atoms with E-state index in [1.54, 1.807) is 18.1 Å². The summed E-state index contributed by atoms with van der Waals surface area (Å²) >= 11 is 0. The van der Waals surface area contributed by atoms with Gasteiger partial charge in [-0.25, -0.2) is 14.8 Å². The van der Waals surface area contributed by atoms with Crippen molar-refractivity contribution >= 4 is 35.5 Å². The van der Waals surface area contributed by atoms with Crippen molar-refractivity contribution in [2.45, 2.75) is 44.9 Å². The molecule has 200 valence electrons. The first-order valence-electron chi connectivity index (χ1n) is 12.4. The molecule has 0 spiro atoms. The van der Waals surface area contributed by atoms with Crippen molar-refractivity contribution in [1.29, 1.82) is 5.26 Å². The number of hydrogen-bond donors (Lipinski definition) is 2. The molecule has 1 saturated heterocycles. The van der Waals surface area contributed by atoms with Crippen molar-refractivity contribution in [2.75, 3.05) is 49.4 Å². The zero-order valence-electron chi connectivity index (χ0n) is 21.7. The number of nitrogens with zero attached hydrogens (tertiary/aromatic N) is 5. The lowest BCUT2D eigenvalue weighted by molar-refractivity contribution is -0.136. The average Bonchev–Trinajstić information content (AvgIpc) is 3.26. The predicted octanol–water partition coefficient (Wildman–Crippen LogP) is 2.34. The molecule has 2 aliphatic rings. The van der Waals surface area contributed by atoms with Crippen molar-refractivity contribution < 1.29 is 23.9 Å². The smallest absolute Gasteiger partial charge is 0.328 e.